The minimum atomic E-state index is -2.76. The molecule has 276 valence electrons. The third kappa shape index (κ3) is 5.39. The standard InChI is InChI=1S/C48H55N5Si/c1-45(2,3)31-18-17-19-32(28-31)52-38-22-15-14-21-35(38)37-26-27-43(49-44(37)52)54(47(7,8)9,48(10,11)12)33-24-25-36-34-20-13-16-23-39(34)53(40(36)29-33)42-30-41(50-51-42)46(4,5)6/h13-30H,1-12H3,(H,50,51). The molecule has 0 spiro atoms. The number of rotatable bonds is 4. The summed E-state index contributed by atoms with van der Waals surface area (Å²) in [5, 5.41) is 15.6. The van der Waals surface area contributed by atoms with E-state index in [1.54, 1.807) is 0 Å². The van der Waals surface area contributed by atoms with E-state index in [9.17, 15) is 0 Å². The van der Waals surface area contributed by atoms with Crippen molar-refractivity contribution in [1.82, 2.24) is 24.3 Å². The molecule has 0 aliphatic heterocycles. The number of fused-ring (bicyclic) bond motifs is 6. The van der Waals surface area contributed by atoms with Crippen molar-refractivity contribution in [2.45, 2.75) is 104 Å². The van der Waals surface area contributed by atoms with Crippen molar-refractivity contribution in [3.05, 3.63) is 120 Å². The summed E-state index contributed by atoms with van der Waals surface area (Å²) in [5.74, 6) is 0.920. The second-order valence-electron chi connectivity index (χ2n) is 19.4. The van der Waals surface area contributed by atoms with Crippen LogP contribution < -0.4 is 10.5 Å². The quantitative estimate of drug-likeness (QED) is 0.183. The molecule has 1 N–H and O–H groups in total. The van der Waals surface area contributed by atoms with Crippen LogP contribution in [-0.2, 0) is 10.8 Å². The summed E-state index contributed by atoms with van der Waals surface area (Å²) in [7, 11) is -2.76. The van der Waals surface area contributed by atoms with Crippen LogP contribution in [0.5, 0.6) is 0 Å². The first-order chi connectivity index (χ1) is 25.3. The minimum absolute atomic E-state index is 0.0270. The highest BCUT2D eigenvalue weighted by Gasteiger charge is 2.57. The van der Waals surface area contributed by atoms with Crippen LogP contribution in [0.15, 0.2) is 109 Å². The van der Waals surface area contributed by atoms with E-state index in [1.807, 2.05) is 0 Å². The van der Waals surface area contributed by atoms with Gasteiger partial charge >= 0.3 is 0 Å². The molecule has 4 aromatic carbocycles. The number of hydrogen-bond donors (Lipinski definition) is 1. The van der Waals surface area contributed by atoms with Crippen LogP contribution in [0.4, 0.5) is 0 Å². The zero-order chi connectivity index (χ0) is 38.6. The summed E-state index contributed by atoms with van der Waals surface area (Å²) in [6.07, 6.45) is 0. The zero-order valence-electron chi connectivity index (χ0n) is 34.2. The maximum absolute atomic E-state index is 5.90. The molecule has 54 heavy (non-hydrogen) atoms. The summed E-state index contributed by atoms with van der Waals surface area (Å²) in [6, 6.07) is 40.8. The normalized spacial score (nSPS) is 13.6. The van der Waals surface area contributed by atoms with E-state index in [1.165, 1.54) is 48.6 Å². The number of aromatic nitrogens is 5. The Morgan fingerprint density at radius 3 is 1.72 bits per heavy atom. The number of nitrogens with one attached hydrogen (secondary N) is 1. The first-order valence-corrected chi connectivity index (χ1v) is 21.4. The fourth-order valence-electron chi connectivity index (χ4n) is 9.59. The average molecular weight is 730 g/mol. The smallest absolute Gasteiger partial charge is 0.159 e. The molecule has 0 saturated carbocycles. The second-order valence-corrected chi connectivity index (χ2v) is 25.0. The largest absolute Gasteiger partial charge is 0.294 e. The van der Waals surface area contributed by atoms with Crippen LogP contribution in [0.1, 0.15) is 94.3 Å². The molecular weight excluding hydrogens is 675 g/mol. The minimum Gasteiger partial charge on any atom is -0.294 e. The Kier molecular flexibility index (Phi) is 8.03. The van der Waals surface area contributed by atoms with Crippen molar-refractivity contribution in [3.63, 3.8) is 0 Å². The van der Waals surface area contributed by atoms with Gasteiger partial charge in [-0.2, -0.15) is 5.10 Å². The molecule has 8 aromatic rings. The van der Waals surface area contributed by atoms with Crippen molar-refractivity contribution < 1.29 is 0 Å². The molecule has 6 heteroatoms. The van der Waals surface area contributed by atoms with Crippen molar-refractivity contribution in [2.24, 2.45) is 0 Å². The van der Waals surface area contributed by atoms with Gasteiger partial charge in [0.2, 0.25) is 0 Å². The van der Waals surface area contributed by atoms with Gasteiger partial charge in [0.05, 0.1) is 16.6 Å². The number of H-pyrrole nitrogens is 1. The number of nitrogens with zero attached hydrogens (tertiary/aromatic N) is 4. The molecule has 5 nitrogen and oxygen atoms in total. The predicted molar refractivity (Wildman–Crippen MR) is 233 cm³/mol. The molecule has 4 heterocycles. The first kappa shape index (κ1) is 36.1. The molecule has 0 bridgehead atoms. The molecule has 0 fully saturated rings. The van der Waals surface area contributed by atoms with Gasteiger partial charge in [-0.15, -0.1) is 0 Å². The molecule has 0 aliphatic carbocycles. The summed E-state index contributed by atoms with van der Waals surface area (Å²) in [6.45, 7) is 28.2. The number of pyridine rings is 1. The lowest BCUT2D eigenvalue weighted by molar-refractivity contribution is 0.567. The summed E-state index contributed by atoms with van der Waals surface area (Å²) < 4.78 is 4.76. The van der Waals surface area contributed by atoms with Crippen LogP contribution in [0, 0.1) is 0 Å². The summed E-state index contributed by atoms with van der Waals surface area (Å²) in [5.41, 5.74) is 8.11. The van der Waals surface area contributed by atoms with Gasteiger partial charge in [-0.1, -0.05) is 144 Å². The van der Waals surface area contributed by atoms with Gasteiger partial charge in [0.15, 0.2) is 13.9 Å². The van der Waals surface area contributed by atoms with Gasteiger partial charge in [-0.3, -0.25) is 14.2 Å². The fourth-order valence-corrected chi connectivity index (χ4v) is 16.7. The Morgan fingerprint density at radius 1 is 0.519 bits per heavy atom. The van der Waals surface area contributed by atoms with E-state index in [4.69, 9.17) is 10.1 Å². The highest BCUT2D eigenvalue weighted by Crippen LogP contribution is 2.51. The molecular formula is C48H55N5Si. The van der Waals surface area contributed by atoms with E-state index in [2.05, 4.69) is 207 Å². The maximum Gasteiger partial charge on any atom is 0.159 e. The third-order valence-corrected chi connectivity index (χ3v) is 18.6. The predicted octanol–water partition coefficient (Wildman–Crippen LogP) is 11.8. The number of hydrogen-bond acceptors (Lipinski definition) is 2. The molecule has 0 unspecified atom stereocenters. The Hall–Kier alpha value is -4.94. The lowest BCUT2D eigenvalue weighted by Crippen LogP contribution is -2.70. The van der Waals surface area contributed by atoms with Crippen molar-refractivity contribution in [2.75, 3.05) is 0 Å². The number of aromatic amines is 1. The maximum atomic E-state index is 5.90. The molecule has 0 aliphatic rings. The van der Waals surface area contributed by atoms with E-state index in [0.29, 0.717) is 0 Å². The highest BCUT2D eigenvalue weighted by molar-refractivity contribution is 7.05. The summed E-state index contributed by atoms with van der Waals surface area (Å²) >= 11 is 0. The monoisotopic (exact) mass is 729 g/mol. The topological polar surface area (TPSA) is 51.4 Å². The van der Waals surface area contributed by atoms with Crippen LogP contribution in [-0.4, -0.2) is 32.4 Å². The molecule has 0 radical (unpaired) electrons. The van der Waals surface area contributed by atoms with Gasteiger partial charge in [-0.05, 0) is 68.7 Å². The van der Waals surface area contributed by atoms with Gasteiger partial charge in [-0.25, -0.2) is 4.98 Å². The average Bonchev–Trinajstić information content (AvgIpc) is 3.79. The molecule has 0 saturated heterocycles. The third-order valence-electron chi connectivity index (χ3n) is 11.8. The lowest BCUT2D eigenvalue weighted by Gasteiger charge is -2.51. The van der Waals surface area contributed by atoms with Crippen molar-refractivity contribution in [1.29, 1.82) is 0 Å². The Bertz CT molecular complexity index is 2700. The number of benzene rings is 4. The Labute approximate surface area is 321 Å². The lowest BCUT2D eigenvalue weighted by atomic mass is 9.87. The van der Waals surface area contributed by atoms with Crippen LogP contribution in [0.2, 0.25) is 10.1 Å². The molecule has 8 rings (SSSR count). The van der Waals surface area contributed by atoms with Crippen LogP contribution in [0.25, 0.3) is 55.2 Å². The van der Waals surface area contributed by atoms with Crippen LogP contribution in [0.3, 0.4) is 0 Å². The summed E-state index contributed by atoms with van der Waals surface area (Å²) in [4.78, 5) is 5.90. The SMILES string of the molecule is CC(C)(C)c1cccc(-n2c3ccccc3c3ccc([Si](c4ccc5c6ccccc6n(-c6cc(C(C)(C)C)[nH]n6)c5c4)(C(C)(C)C)C(C)(C)C)nc32)c1. The molecule has 0 amide bonds. The highest BCUT2D eigenvalue weighted by atomic mass is 28.3. The van der Waals surface area contributed by atoms with Gasteiger partial charge in [0.1, 0.15) is 5.65 Å². The van der Waals surface area contributed by atoms with Crippen molar-refractivity contribution in [3.8, 4) is 11.5 Å². The fraction of sp³-hybridized carbons (Fsp3) is 0.333. The first-order valence-electron chi connectivity index (χ1n) is 19.4. The van der Waals surface area contributed by atoms with E-state index < -0.39 is 8.07 Å². The molecule has 4 aromatic heterocycles. The van der Waals surface area contributed by atoms with Gasteiger partial charge < -0.3 is 0 Å². The Balaban J connectivity index is 1.45. The van der Waals surface area contributed by atoms with Crippen LogP contribution >= 0.6 is 0 Å². The number of para-hydroxylation sites is 2. The van der Waals surface area contributed by atoms with E-state index in [-0.39, 0.29) is 20.9 Å². The van der Waals surface area contributed by atoms with E-state index in [0.717, 1.165) is 28.4 Å². The zero-order valence-corrected chi connectivity index (χ0v) is 35.2. The Morgan fingerprint density at radius 2 is 1.11 bits per heavy atom. The van der Waals surface area contributed by atoms with Crippen molar-refractivity contribution >= 4 is 62.3 Å². The van der Waals surface area contributed by atoms with Gasteiger partial charge in [0.25, 0.3) is 0 Å². The van der Waals surface area contributed by atoms with Gasteiger partial charge in [0, 0.05) is 49.7 Å². The van der Waals surface area contributed by atoms with E-state index >= 15 is 0 Å². The molecule has 0 atom stereocenters. The second kappa shape index (κ2) is 12.0.